The van der Waals surface area contributed by atoms with Crippen LogP contribution in [0.1, 0.15) is 12.8 Å². The van der Waals surface area contributed by atoms with Crippen molar-refractivity contribution in [2.24, 2.45) is 5.73 Å². The van der Waals surface area contributed by atoms with Crippen LogP contribution in [0.15, 0.2) is 29.2 Å². The average molecular weight is 195 g/mol. The van der Waals surface area contributed by atoms with Crippen LogP contribution in [-0.2, 0) is 0 Å². The second kappa shape index (κ2) is 3.24. The standard InChI is InChI=1S/C10H13NOS/c1-12-8-2-4-9(5-3-8)13-10(11)6-7-10/h2-5H,6-7,11H2,1H3. The van der Waals surface area contributed by atoms with Crippen molar-refractivity contribution in [2.75, 3.05) is 7.11 Å². The molecule has 2 N–H and O–H groups in total. The number of nitrogens with two attached hydrogens (primary N) is 1. The Morgan fingerprint density at radius 2 is 1.92 bits per heavy atom. The van der Waals surface area contributed by atoms with Crippen molar-refractivity contribution in [2.45, 2.75) is 22.6 Å². The van der Waals surface area contributed by atoms with Gasteiger partial charge >= 0.3 is 0 Å². The number of thioether (sulfide) groups is 1. The fourth-order valence-electron chi connectivity index (χ4n) is 1.10. The lowest BCUT2D eigenvalue weighted by molar-refractivity contribution is 0.414. The van der Waals surface area contributed by atoms with Gasteiger partial charge in [-0.15, -0.1) is 11.8 Å². The third-order valence-electron chi connectivity index (χ3n) is 2.12. The van der Waals surface area contributed by atoms with E-state index in [9.17, 15) is 0 Å². The van der Waals surface area contributed by atoms with Gasteiger partial charge in [0, 0.05) is 4.90 Å². The van der Waals surface area contributed by atoms with Crippen LogP contribution in [0.2, 0.25) is 0 Å². The van der Waals surface area contributed by atoms with E-state index in [1.807, 2.05) is 12.1 Å². The van der Waals surface area contributed by atoms with Crippen LogP contribution in [0.4, 0.5) is 0 Å². The Bertz CT molecular complexity index is 292. The first-order valence-electron chi connectivity index (χ1n) is 4.34. The van der Waals surface area contributed by atoms with E-state index in [-0.39, 0.29) is 4.87 Å². The number of rotatable bonds is 3. The van der Waals surface area contributed by atoms with Crippen molar-refractivity contribution < 1.29 is 4.74 Å². The SMILES string of the molecule is COc1ccc(SC2(N)CC2)cc1. The van der Waals surface area contributed by atoms with Gasteiger partial charge in [-0.2, -0.15) is 0 Å². The maximum Gasteiger partial charge on any atom is 0.118 e. The summed E-state index contributed by atoms with van der Waals surface area (Å²) in [6.07, 6.45) is 2.26. The summed E-state index contributed by atoms with van der Waals surface area (Å²) in [5, 5.41) is 0. The van der Waals surface area contributed by atoms with E-state index in [2.05, 4.69) is 12.1 Å². The van der Waals surface area contributed by atoms with Crippen molar-refractivity contribution in [3.05, 3.63) is 24.3 Å². The largest absolute Gasteiger partial charge is 0.497 e. The van der Waals surface area contributed by atoms with Crippen LogP contribution in [0.5, 0.6) is 5.75 Å². The third-order valence-corrected chi connectivity index (χ3v) is 3.45. The molecule has 0 spiro atoms. The minimum Gasteiger partial charge on any atom is -0.497 e. The van der Waals surface area contributed by atoms with Crippen molar-refractivity contribution in [3.8, 4) is 5.75 Å². The Balaban J connectivity index is 2.05. The molecular weight excluding hydrogens is 182 g/mol. The predicted molar refractivity (Wildman–Crippen MR) is 55.0 cm³/mol. The lowest BCUT2D eigenvalue weighted by Gasteiger charge is -2.08. The van der Waals surface area contributed by atoms with Crippen LogP contribution in [0, 0.1) is 0 Å². The molecule has 1 aromatic carbocycles. The predicted octanol–water partition coefficient (Wildman–Crippen LogP) is 2.24. The molecule has 0 atom stereocenters. The Hall–Kier alpha value is -0.670. The van der Waals surface area contributed by atoms with Gasteiger partial charge in [-0.3, -0.25) is 0 Å². The topological polar surface area (TPSA) is 35.2 Å². The van der Waals surface area contributed by atoms with Gasteiger partial charge in [-0.25, -0.2) is 0 Å². The number of ether oxygens (including phenoxy) is 1. The Labute approximate surface area is 82.5 Å². The molecule has 0 heterocycles. The summed E-state index contributed by atoms with van der Waals surface area (Å²) >= 11 is 1.75. The molecule has 0 amide bonds. The van der Waals surface area contributed by atoms with Crippen molar-refractivity contribution in [1.29, 1.82) is 0 Å². The fraction of sp³-hybridized carbons (Fsp3) is 0.400. The molecule has 13 heavy (non-hydrogen) atoms. The van der Waals surface area contributed by atoms with E-state index >= 15 is 0 Å². The molecule has 0 aromatic heterocycles. The van der Waals surface area contributed by atoms with Crippen LogP contribution < -0.4 is 10.5 Å². The van der Waals surface area contributed by atoms with Crippen LogP contribution in [0.25, 0.3) is 0 Å². The fourth-order valence-corrected chi connectivity index (χ4v) is 2.15. The molecule has 1 saturated carbocycles. The van der Waals surface area contributed by atoms with Gasteiger partial charge in [-0.1, -0.05) is 0 Å². The van der Waals surface area contributed by atoms with Gasteiger partial charge in [0.15, 0.2) is 0 Å². The maximum atomic E-state index is 5.98. The van der Waals surface area contributed by atoms with Crippen molar-refractivity contribution >= 4 is 11.8 Å². The Kier molecular flexibility index (Phi) is 2.22. The smallest absolute Gasteiger partial charge is 0.118 e. The first-order chi connectivity index (χ1) is 6.22. The minimum atomic E-state index is 0.0224. The summed E-state index contributed by atoms with van der Waals surface area (Å²) in [5.41, 5.74) is 5.98. The molecule has 3 heteroatoms. The zero-order valence-electron chi connectivity index (χ0n) is 7.62. The Morgan fingerprint density at radius 1 is 1.31 bits per heavy atom. The lowest BCUT2D eigenvalue weighted by atomic mass is 10.3. The van der Waals surface area contributed by atoms with E-state index in [0.717, 1.165) is 18.6 Å². The summed E-state index contributed by atoms with van der Waals surface area (Å²) in [4.78, 5) is 1.25. The molecule has 2 nitrogen and oxygen atoms in total. The first kappa shape index (κ1) is 8.91. The number of methoxy groups -OCH3 is 1. The summed E-state index contributed by atoms with van der Waals surface area (Å²) in [7, 11) is 1.67. The van der Waals surface area contributed by atoms with E-state index < -0.39 is 0 Å². The van der Waals surface area contributed by atoms with Gasteiger partial charge in [0.2, 0.25) is 0 Å². The summed E-state index contributed by atoms with van der Waals surface area (Å²) in [5.74, 6) is 0.895. The molecule has 1 aliphatic rings. The highest BCUT2D eigenvalue weighted by Crippen LogP contribution is 2.46. The van der Waals surface area contributed by atoms with Crippen molar-refractivity contribution in [1.82, 2.24) is 0 Å². The summed E-state index contributed by atoms with van der Waals surface area (Å²) < 4.78 is 5.07. The number of hydrogen-bond donors (Lipinski definition) is 1. The maximum absolute atomic E-state index is 5.98. The molecule has 1 fully saturated rings. The summed E-state index contributed by atoms with van der Waals surface area (Å²) in [6, 6.07) is 8.04. The lowest BCUT2D eigenvalue weighted by Crippen LogP contribution is -2.15. The highest BCUT2D eigenvalue weighted by atomic mass is 32.2. The van der Waals surface area contributed by atoms with Gasteiger partial charge in [0.05, 0.1) is 12.0 Å². The normalized spacial score (nSPS) is 18.3. The molecule has 0 saturated heterocycles. The highest BCUT2D eigenvalue weighted by Gasteiger charge is 2.39. The molecular formula is C10H13NOS. The van der Waals surface area contributed by atoms with Crippen molar-refractivity contribution in [3.63, 3.8) is 0 Å². The van der Waals surface area contributed by atoms with Gasteiger partial charge in [-0.05, 0) is 37.1 Å². The molecule has 70 valence electrons. The monoisotopic (exact) mass is 195 g/mol. The molecule has 0 radical (unpaired) electrons. The molecule has 1 aromatic rings. The number of benzene rings is 1. The van der Waals surface area contributed by atoms with E-state index in [4.69, 9.17) is 10.5 Å². The Morgan fingerprint density at radius 3 is 2.38 bits per heavy atom. The quantitative estimate of drug-likeness (QED) is 0.751. The summed E-state index contributed by atoms with van der Waals surface area (Å²) in [6.45, 7) is 0. The zero-order valence-corrected chi connectivity index (χ0v) is 8.43. The van der Waals surface area contributed by atoms with Crippen LogP contribution in [0.3, 0.4) is 0 Å². The third kappa shape index (κ3) is 2.17. The van der Waals surface area contributed by atoms with Gasteiger partial charge in [0.1, 0.15) is 5.75 Å². The van der Waals surface area contributed by atoms with Crippen LogP contribution in [-0.4, -0.2) is 12.0 Å². The molecule has 1 aliphatic carbocycles. The second-order valence-corrected chi connectivity index (χ2v) is 4.83. The van der Waals surface area contributed by atoms with Gasteiger partial charge < -0.3 is 10.5 Å². The molecule has 0 unspecified atom stereocenters. The highest BCUT2D eigenvalue weighted by molar-refractivity contribution is 8.01. The molecule has 0 bridgehead atoms. The minimum absolute atomic E-state index is 0.0224. The zero-order chi connectivity index (χ0) is 9.31. The van der Waals surface area contributed by atoms with Gasteiger partial charge in [0.25, 0.3) is 0 Å². The first-order valence-corrected chi connectivity index (χ1v) is 5.15. The van der Waals surface area contributed by atoms with E-state index in [1.165, 1.54) is 4.90 Å². The number of hydrogen-bond acceptors (Lipinski definition) is 3. The van der Waals surface area contributed by atoms with E-state index in [0.29, 0.717) is 0 Å². The van der Waals surface area contributed by atoms with Crippen LogP contribution >= 0.6 is 11.8 Å². The molecule has 0 aliphatic heterocycles. The average Bonchev–Trinajstić information content (AvgIpc) is 2.85. The second-order valence-electron chi connectivity index (χ2n) is 3.34. The van der Waals surface area contributed by atoms with E-state index in [1.54, 1.807) is 18.9 Å². The molecule has 2 rings (SSSR count).